The third-order valence-electron chi connectivity index (χ3n) is 5.13. The summed E-state index contributed by atoms with van der Waals surface area (Å²) in [7, 11) is -3.24. The lowest BCUT2D eigenvalue weighted by molar-refractivity contribution is 0.534. The molecule has 0 radical (unpaired) electrons. The van der Waals surface area contributed by atoms with E-state index in [1.54, 1.807) is 20.8 Å². The van der Waals surface area contributed by atoms with Crippen LogP contribution in [0.15, 0.2) is 48.5 Å². The van der Waals surface area contributed by atoms with Gasteiger partial charge in [-0.25, -0.2) is 13.1 Å². The van der Waals surface area contributed by atoms with E-state index in [1.807, 2.05) is 0 Å². The maximum absolute atomic E-state index is 12.0. The number of unbranched alkanes of at least 4 members (excludes halogenated alkanes) is 2. The van der Waals surface area contributed by atoms with Crippen LogP contribution in [0.2, 0.25) is 0 Å². The van der Waals surface area contributed by atoms with Crippen molar-refractivity contribution in [3.8, 4) is 11.1 Å². The minimum atomic E-state index is -3.24. The second-order valence-electron chi connectivity index (χ2n) is 8.13. The van der Waals surface area contributed by atoms with Gasteiger partial charge in [0.1, 0.15) is 0 Å². The Morgan fingerprint density at radius 3 is 1.89 bits per heavy atom. The molecule has 0 bridgehead atoms. The summed E-state index contributed by atoms with van der Waals surface area (Å²) in [5.41, 5.74) is 5.33. The predicted octanol–water partition coefficient (Wildman–Crippen LogP) is 4.23. The zero-order chi connectivity index (χ0) is 19.5. The molecule has 1 aliphatic rings. The maximum Gasteiger partial charge on any atom is 0.216 e. The third-order valence-corrected chi connectivity index (χ3v) is 7.33. The summed E-state index contributed by atoms with van der Waals surface area (Å²) in [6.07, 6.45) is 2.88. The van der Waals surface area contributed by atoms with Crippen LogP contribution in [-0.4, -0.2) is 26.3 Å². The molecule has 0 saturated carbocycles. The Bertz CT molecular complexity index is 840. The molecule has 0 spiro atoms. The number of benzene rings is 2. The average Bonchev–Trinajstić information content (AvgIpc) is 2.94. The molecule has 0 aliphatic heterocycles. The molecule has 0 heterocycles. The summed E-state index contributed by atoms with van der Waals surface area (Å²) in [6, 6.07) is 17.4. The Morgan fingerprint density at radius 2 is 1.33 bits per heavy atom. The summed E-state index contributed by atoms with van der Waals surface area (Å²) in [5.74, 6) is 0. The topological polar surface area (TPSA) is 58.2 Å². The third kappa shape index (κ3) is 4.42. The van der Waals surface area contributed by atoms with Gasteiger partial charge in [0.2, 0.25) is 10.0 Å². The second-order valence-corrected chi connectivity index (χ2v) is 10.7. The van der Waals surface area contributed by atoms with Crippen LogP contribution in [0.4, 0.5) is 0 Å². The molecule has 4 nitrogen and oxygen atoms in total. The SMILES string of the molecule is CC(C)(C)S(=O)(=O)NCCCCCNC1c2ccccc2-c2ccccc21. The van der Waals surface area contributed by atoms with Crippen molar-refractivity contribution >= 4 is 10.0 Å². The van der Waals surface area contributed by atoms with Crippen molar-refractivity contribution in [2.45, 2.75) is 50.8 Å². The van der Waals surface area contributed by atoms with Crippen LogP contribution < -0.4 is 10.0 Å². The van der Waals surface area contributed by atoms with Crippen LogP contribution >= 0.6 is 0 Å². The lowest BCUT2D eigenvalue weighted by Gasteiger charge is -2.19. The first-order valence-electron chi connectivity index (χ1n) is 9.72. The van der Waals surface area contributed by atoms with Crippen molar-refractivity contribution in [3.63, 3.8) is 0 Å². The molecule has 2 aromatic rings. The van der Waals surface area contributed by atoms with Gasteiger partial charge < -0.3 is 5.32 Å². The minimum Gasteiger partial charge on any atom is -0.306 e. The number of hydrogen-bond donors (Lipinski definition) is 2. The molecule has 0 fully saturated rings. The van der Waals surface area contributed by atoms with Crippen LogP contribution in [-0.2, 0) is 10.0 Å². The molecule has 2 N–H and O–H groups in total. The van der Waals surface area contributed by atoms with Crippen LogP contribution in [0.25, 0.3) is 11.1 Å². The van der Waals surface area contributed by atoms with Gasteiger partial charge in [0.15, 0.2) is 0 Å². The number of fused-ring (bicyclic) bond motifs is 3. The van der Waals surface area contributed by atoms with Crippen LogP contribution in [0, 0.1) is 0 Å². The van der Waals surface area contributed by atoms with Gasteiger partial charge in [0.05, 0.1) is 10.8 Å². The van der Waals surface area contributed by atoms with E-state index >= 15 is 0 Å². The zero-order valence-electron chi connectivity index (χ0n) is 16.5. The van der Waals surface area contributed by atoms with Crippen LogP contribution in [0.1, 0.15) is 57.2 Å². The molecule has 27 heavy (non-hydrogen) atoms. The van der Waals surface area contributed by atoms with E-state index in [4.69, 9.17) is 0 Å². The number of nitrogens with one attached hydrogen (secondary N) is 2. The summed E-state index contributed by atoms with van der Waals surface area (Å²) in [6.45, 7) is 6.58. The van der Waals surface area contributed by atoms with Gasteiger partial charge in [0.25, 0.3) is 0 Å². The molecule has 1 aliphatic carbocycles. The Balaban J connectivity index is 1.47. The Kier molecular flexibility index (Phi) is 6.04. The van der Waals surface area contributed by atoms with E-state index in [1.165, 1.54) is 22.3 Å². The van der Waals surface area contributed by atoms with Crippen LogP contribution in [0.5, 0.6) is 0 Å². The van der Waals surface area contributed by atoms with Gasteiger partial charge in [-0.3, -0.25) is 0 Å². The highest BCUT2D eigenvalue weighted by Crippen LogP contribution is 2.42. The first-order chi connectivity index (χ1) is 12.8. The van der Waals surface area contributed by atoms with E-state index in [-0.39, 0.29) is 6.04 Å². The fraction of sp³-hybridized carbons (Fsp3) is 0.455. The summed E-state index contributed by atoms with van der Waals surface area (Å²) in [4.78, 5) is 0. The molecule has 0 aromatic heterocycles. The van der Waals surface area contributed by atoms with Crippen LogP contribution in [0.3, 0.4) is 0 Å². The fourth-order valence-corrected chi connectivity index (χ4v) is 4.32. The molecule has 0 saturated heterocycles. The normalized spacial score (nSPS) is 14.2. The molecule has 0 amide bonds. The highest BCUT2D eigenvalue weighted by atomic mass is 32.2. The molecule has 0 atom stereocenters. The molecule has 0 unspecified atom stereocenters. The number of rotatable bonds is 8. The fourth-order valence-electron chi connectivity index (χ4n) is 3.47. The summed E-state index contributed by atoms with van der Waals surface area (Å²) >= 11 is 0. The van der Waals surface area contributed by atoms with E-state index in [0.717, 1.165) is 25.8 Å². The molecule has 3 rings (SSSR count). The number of sulfonamides is 1. The molecular weight excluding hydrogens is 356 g/mol. The average molecular weight is 387 g/mol. The largest absolute Gasteiger partial charge is 0.306 e. The molecular formula is C22H30N2O2S. The maximum atomic E-state index is 12.0. The van der Waals surface area contributed by atoms with Crippen molar-refractivity contribution in [3.05, 3.63) is 59.7 Å². The smallest absolute Gasteiger partial charge is 0.216 e. The first kappa shape index (κ1) is 20.1. The standard InChI is InChI=1S/C22H30N2O2S/c1-22(2,3)27(25,26)24-16-10-4-9-15-23-21-19-13-7-5-11-17(19)18-12-6-8-14-20(18)21/h5-8,11-14,21,23-24H,4,9-10,15-16H2,1-3H3. The first-order valence-corrected chi connectivity index (χ1v) is 11.2. The summed E-state index contributed by atoms with van der Waals surface area (Å²) < 4.78 is 26.0. The molecule has 146 valence electrons. The van der Waals surface area contributed by atoms with Crippen molar-refractivity contribution in [2.75, 3.05) is 13.1 Å². The lowest BCUT2D eigenvalue weighted by atomic mass is 10.1. The predicted molar refractivity (Wildman–Crippen MR) is 112 cm³/mol. The summed E-state index contributed by atoms with van der Waals surface area (Å²) in [5, 5.41) is 3.69. The monoisotopic (exact) mass is 386 g/mol. The van der Waals surface area contributed by atoms with Gasteiger partial charge in [-0.05, 0) is 62.4 Å². The van der Waals surface area contributed by atoms with Crippen molar-refractivity contribution in [1.82, 2.24) is 10.0 Å². The second kappa shape index (κ2) is 8.13. The Hall–Kier alpha value is -1.69. The Morgan fingerprint density at radius 1 is 0.815 bits per heavy atom. The highest BCUT2D eigenvalue weighted by molar-refractivity contribution is 7.90. The van der Waals surface area contributed by atoms with Gasteiger partial charge in [0, 0.05) is 6.54 Å². The van der Waals surface area contributed by atoms with E-state index < -0.39 is 14.8 Å². The minimum absolute atomic E-state index is 0.247. The Labute approximate surface area is 163 Å². The molecule has 5 heteroatoms. The lowest BCUT2D eigenvalue weighted by Crippen LogP contribution is -2.39. The van der Waals surface area contributed by atoms with Crippen molar-refractivity contribution < 1.29 is 8.42 Å². The van der Waals surface area contributed by atoms with Crippen molar-refractivity contribution in [1.29, 1.82) is 0 Å². The van der Waals surface area contributed by atoms with Crippen molar-refractivity contribution in [2.24, 2.45) is 0 Å². The van der Waals surface area contributed by atoms with E-state index in [9.17, 15) is 8.42 Å². The quantitative estimate of drug-likeness (QED) is 0.668. The number of hydrogen-bond acceptors (Lipinski definition) is 3. The zero-order valence-corrected chi connectivity index (χ0v) is 17.3. The van der Waals surface area contributed by atoms with Gasteiger partial charge >= 0.3 is 0 Å². The van der Waals surface area contributed by atoms with E-state index in [2.05, 4.69) is 58.6 Å². The molecule has 2 aromatic carbocycles. The van der Waals surface area contributed by atoms with Gasteiger partial charge in [-0.1, -0.05) is 55.0 Å². The highest BCUT2D eigenvalue weighted by Gasteiger charge is 2.28. The van der Waals surface area contributed by atoms with E-state index in [0.29, 0.717) is 6.54 Å². The van der Waals surface area contributed by atoms with Gasteiger partial charge in [-0.2, -0.15) is 0 Å². The van der Waals surface area contributed by atoms with Gasteiger partial charge in [-0.15, -0.1) is 0 Å².